The minimum atomic E-state index is -0.123. The smallest absolute Gasteiger partial charge is 0.0923 e. The van der Waals surface area contributed by atoms with Crippen LogP contribution in [-0.4, -0.2) is 19.8 Å². The van der Waals surface area contributed by atoms with E-state index >= 15 is 0 Å². The lowest BCUT2D eigenvalue weighted by atomic mass is 10.0. The Kier molecular flexibility index (Phi) is 2.27. The van der Waals surface area contributed by atoms with Gasteiger partial charge in [0.05, 0.1) is 6.67 Å². The molecule has 1 heterocycles. The van der Waals surface area contributed by atoms with E-state index < -0.39 is 0 Å². The molecular weight excluding hydrogens is 104 g/mol. The summed E-state index contributed by atoms with van der Waals surface area (Å²) in [6.45, 7) is 1.89. The van der Waals surface area contributed by atoms with Gasteiger partial charge in [-0.25, -0.2) is 0 Å². The van der Waals surface area contributed by atoms with Gasteiger partial charge in [-0.15, -0.1) is 0 Å². The van der Waals surface area contributed by atoms with Crippen molar-refractivity contribution in [1.82, 2.24) is 5.32 Å². The van der Waals surface area contributed by atoms with Crippen LogP contribution in [0.4, 0.5) is 4.39 Å². The van der Waals surface area contributed by atoms with Gasteiger partial charge in [-0.05, 0) is 31.8 Å². The molecule has 1 aliphatic rings. The van der Waals surface area contributed by atoms with E-state index in [4.69, 9.17) is 0 Å². The third kappa shape index (κ3) is 1.44. The van der Waals surface area contributed by atoms with Crippen molar-refractivity contribution in [1.29, 1.82) is 0 Å². The SMILES string of the molecule is [18F]CC1CCNCC1. The Labute approximate surface area is 49.3 Å². The predicted octanol–water partition coefficient (Wildman–Crippen LogP) is 0.956. The second-order valence-corrected chi connectivity index (χ2v) is 2.35. The first kappa shape index (κ1) is 6.02. The molecule has 0 aliphatic carbocycles. The van der Waals surface area contributed by atoms with E-state index in [-0.39, 0.29) is 6.67 Å². The van der Waals surface area contributed by atoms with E-state index in [1.807, 2.05) is 0 Å². The third-order valence-electron chi connectivity index (χ3n) is 1.68. The van der Waals surface area contributed by atoms with Crippen molar-refractivity contribution in [2.75, 3.05) is 19.8 Å². The summed E-state index contributed by atoms with van der Waals surface area (Å²) >= 11 is 0. The number of alkyl halides is 1. The first-order chi connectivity index (χ1) is 3.93. The average molecular weight is 116 g/mol. The lowest BCUT2D eigenvalue weighted by Gasteiger charge is -2.18. The number of piperidine rings is 1. The highest BCUT2D eigenvalue weighted by molar-refractivity contribution is 4.66. The summed E-state index contributed by atoms with van der Waals surface area (Å²) in [5, 5.41) is 3.18. The molecule has 0 bridgehead atoms. The van der Waals surface area contributed by atoms with Gasteiger partial charge in [0.1, 0.15) is 0 Å². The molecular formula is C6H12FN. The number of rotatable bonds is 1. The van der Waals surface area contributed by atoms with Gasteiger partial charge in [-0.3, -0.25) is 4.39 Å². The molecule has 1 rings (SSSR count). The van der Waals surface area contributed by atoms with Crippen LogP contribution in [-0.2, 0) is 0 Å². The van der Waals surface area contributed by atoms with Crippen molar-refractivity contribution in [3.8, 4) is 0 Å². The summed E-state index contributed by atoms with van der Waals surface area (Å²) in [6.07, 6.45) is 2.05. The summed E-state index contributed by atoms with van der Waals surface area (Å²) in [5.74, 6) is 0.358. The minimum Gasteiger partial charge on any atom is -0.317 e. The topological polar surface area (TPSA) is 12.0 Å². The molecule has 1 aliphatic heterocycles. The summed E-state index contributed by atoms with van der Waals surface area (Å²) in [4.78, 5) is 0. The molecule has 2 heteroatoms. The van der Waals surface area contributed by atoms with E-state index in [9.17, 15) is 4.39 Å². The molecule has 1 saturated heterocycles. The van der Waals surface area contributed by atoms with Crippen LogP contribution in [0.15, 0.2) is 0 Å². The minimum absolute atomic E-state index is 0.123. The monoisotopic (exact) mass is 116 g/mol. The maximum atomic E-state index is 11.9. The van der Waals surface area contributed by atoms with Crippen molar-refractivity contribution in [3.63, 3.8) is 0 Å². The molecule has 0 atom stereocenters. The van der Waals surface area contributed by atoms with Crippen LogP contribution in [0.2, 0.25) is 0 Å². The number of hydrogen-bond acceptors (Lipinski definition) is 1. The number of nitrogens with one attached hydrogen (secondary N) is 1. The first-order valence-corrected chi connectivity index (χ1v) is 3.20. The Bertz CT molecular complexity index is 59.5. The Morgan fingerprint density at radius 2 is 2.00 bits per heavy atom. The van der Waals surface area contributed by atoms with Gasteiger partial charge in [0, 0.05) is 0 Å². The predicted molar refractivity (Wildman–Crippen MR) is 31.6 cm³/mol. The molecule has 0 aromatic carbocycles. The van der Waals surface area contributed by atoms with Gasteiger partial charge in [-0.1, -0.05) is 0 Å². The zero-order valence-electron chi connectivity index (χ0n) is 4.99. The van der Waals surface area contributed by atoms with E-state index in [1.165, 1.54) is 0 Å². The molecule has 8 heavy (non-hydrogen) atoms. The Balaban J connectivity index is 2.13. The van der Waals surface area contributed by atoms with Crippen LogP contribution in [0, 0.1) is 5.92 Å². The highest BCUT2D eigenvalue weighted by Crippen LogP contribution is 2.10. The summed E-state index contributed by atoms with van der Waals surface area (Å²) in [6, 6.07) is 0. The van der Waals surface area contributed by atoms with Gasteiger partial charge in [0.25, 0.3) is 0 Å². The fourth-order valence-electron chi connectivity index (χ4n) is 1.04. The van der Waals surface area contributed by atoms with Crippen LogP contribution >= 0.6 is 0 Å². The van der Waals surface area contributed by atoms with Gasteiger partial charge in [0.2, 0.25) is 0 Å². The first-order valence-electron chi connectivity index (χ1n) is 3.20. The lowest BCUT2D eigenvalue weighted by molar-refractivity contribution is 0.292. The normalized spacial score (nSPS) is 23.6. The molecule has 1 nitrogen and oxygen atoms in total. The maximum Gasteiger partial charge on any atom is 0.0923 e. The van der Waals surface area contributed by atoms with Crippen molar-refractivity contribution in [2.24, 2.45) is 5.92 Å². The third-order valence-corrected chi connectivity index (χ3v) is 1.68. The van der Waals surface area contributed by atoms with Gasteiger partial charge in [-0.2, -0.15) is 0 Å². The molecule has 0 spiro atoms. The second kappa shape index (κ2) is 3.02. The Morgan fingerprint density at radius 1 is 1.38 bits per heavy atom. The molecule has 0 aromatic heterocycles. The van der Waals surface area contributed by atoms with Gasteiger partial charge < -0.3 is 5.32 Å². The molecule has 0 radical (unpaired) electrons. The number of hydrogen-bond donors (Lipinski definition) is 1. The molecule has 1 fully saturated rings. The standard InChI is InChI=1S/C6H12FN/c7-5-6-1-3-8-4-2-6/h6,8H,1-5H2/i7-1. The summed E-state index contributed by atoms with van der Waals surface area (Å²) in [7, 11) is 0. The largest absolute Gasteiger partial charge is 0.317 e. The lowest BCUT2D eigenvalue weighted by Crippen LogP contribution is -2.28. The van der Waals surface area contributed by atoms with Crippen LogP contribution in [0.5, 0.6) is 0 Å². The highest BCUT2D eigenvalue weighted by atomic mass is 18.2. The Morgan fingerprint density at radius 3 is 2.38 bits per heavy atom. The van der Waals surface area contributed by atoms with E-state index in [0.717, 1.165) is 25.9 Å². The average Bonchev–Trinajstić information content (AvgIpc) is 1.90. The molecule has 0 unspecified atom stereocenters. The fourth-order valence-corrected chi connectivity index (χ4v) is 1.04. The van der Waals surface area contributed by atoms with Crippen molar-refractivity contribution >= 4 is 0 Å². The highest BCUT2D eigenvalue weighted by Gasteiger charge is 2.10. The van der Waals surface area contributed by atoms with Crippen molar-refractivity contribution < 1.29 is 4.39 Å². The van der Waals surface area contributed by atoms with Crippen LogP contribution in [0.1, 0.15) is 12.8 Å². The molecule has 48 valence electrons. The molecule has 0 saturated carbocycles. The molecule has 1 N–H and O–H groups in total. The summed E-state index contributed by atoms with van der Waals surface area (Å²) < 4.78 is 11.9. The number of halogens is 1. The van der Waals surface area contributed by atoms with Crippen LogP contribution < -0.4 is 5.32 Å². The van der Waals surface area contributed by atoms with Crippen LogP contribution in [0.25, 0.3) is 0 Å². The second-order valence-electron chi connectivity index (χ2n) is 2.35. The molecule has 0 amide bonds. The van der Waals surface area contributed by atoms with Crippen LogP contribution in [0.3, 0.4) is 0 Å². The fraction of sp³-hybridized carbons (Fsp3) is 1.00. The van der Waals surface area contributed by atoms with E-state index in [1.54, 1.807) is 0 Å². The van der Waals surface area contributed by atoms with Gasteiger partial charge >= 0.3 is 0 Å². The molecule has 0 aromatic rings. The zero-order valence-corrected chi connectivity index (χ0v) is 4.99. The van der Waals surface area contributed by atoms with E-state index in [2.05, 4.69) is 5.32 Å². The Hall–Kier alpha value is -0.110. The zero-order chi connectivity index (χ0) is 5.82. The van der Waals surface area contributed by atoms with Crippen molar-refractivity contribution in [3.05, 3.63) is 0 Å². The maximum absolute atomic E-state index is 11.9. The van der Waals surface area contributed by atoms with Crippen molar-refractivity contribution in [2.45, 2.75) is 12.8 Å². The quantitative estimate of drug-likeness (QED) is 0.538. The van der Waals surface area contributed by atoms with Gasteiger partial charge in [0.15, 0.2) is 0 Å². The van der Waals surface area contributed by atoms with E-state index in [0.29, 0.717) is 5.92 Å². The summed E-state index contributed by atoms with van der Waals surface area (Å²) in [5.41, 5.74) is 0.